The molecule has 0 radical (unpaired) electrons. The molecule has 1 nitrogen and oxygen atoms in total. The molecule has 1 aromatic rings. The van der Waals surface area contributed by atoms with Crippen molar-refractivity contribution in [3.05, 3.63) is 35.4 Å². The summed E-state index contributed by atoms with van der Waals surface area (Å²) in [5.74, 6) is 1.42. The number of nitrogens with one attached hydrogen (secondary N) is 1. The van der Waals surface area contributed by atoms with Gasteiger partial charge in [0, 0.05) is 6.04 Å². The first-order valence-electron chi connectivity index (χ1n) is 7.33. The second-order valence-electron chi connectivity index (χ2n) is 5.84. The van der Waals surface area contributed by atoms with Gasteiger partial charge >= 0.3 is 0 Å². The van der Waals surface area contributed by atoms with Gasteiger partial charge in [0.15, 0.2) is 0 Å². The molecule has 0 amide bonds. The van der Waals surface area contributed by atoms with Crippen molar-refractivity contribution in [1.29, 1.82) is 0 Å². The Balaban J connectivity index is 2.65. The molecule has 18 heavy (non-hydrogen) atoms. The lowest BCUT2D eigenvalue weighted by molar-refractivity contribution is 0.289. The van der Waals surface area contributed by atoms with E-state index in [-0.39, 0.29) is 0 Å². The first kappa shape index (κ1) is 15.2. The molecule has 2 unspecified atom stereocenters. The highest BCUT2D eigenvalue weighted by molar-refractivity contribution is 5.21. The average molecular weight is 247 g/mol. The highest BCUT2D eigenvalue weighted by Crippen LogP contribution is 2.21. The maximum Gasteiger partial charge on any atom is 0.00726 e. The van der Waals surface area contributed by atoms with E-state index >= 15 is 0 Å². The van der Waals surface area contributed by atoms with Crippen molar-refractivity contribution in [2.75, 3.05) is 6.54 Å². The summed E-state index contributed by atoms with van der Waals surface area (Å²) in [6.45, 7) is 12.5. The Hall–Kier alpha value is -0.820. The summed E-state index contributed by atoms with van der Waals surface area (Å²) >= 11 is 0. The predicted octanol–water partition coefficient (Wildman–Crippen LogP) is 4.20. The topological polar surface area (TPSA) is 12.0 Å². The van der Waals surface area contributed by atoms with E-state index in [4.69, 9.17) is 0 Å². The molecule has 0 aliphatic carbocycles. The molecule has 1 heteroatoms. The van der Waals surface area contributed by atoms with E-state index in [1.54, 1.807) is 0 Å². The zero-order chi connectivity index (χ0) is 13.5. The normalized spacial score (nSPS) is 14.8. The number of hydrogen-bond donors (Lipinski definition) is 1. The van der Waals surface area contributed by atoms with Gasteiger partial charge < -0.3 is 5.32 Å². The molecule has 1 N–H and O–H groups in total. The molecule has 1 rings (SSSR count). The van der Waals surface area contributed by atoms with Crippen LogP contribution in [0.1, 0.15) is 45.2 Å². The van der Waals surface area contributed by atoms with Gasteiger partial charge in [0.1, 0.15) is 0 Å². The fraction of sp³-hybridized carbons (Fsp3) is 0.647. The third-order valence-electron chi connectivity index (χ3n) is 3.81. The lowest BCUT2D eigenvalue weighted by Gasteiger charge is -2.28. The van der Waals surface area contributed by atoms with Crippen LogP contribution in [-0.4, -0.2) is 12.6 Å². The molecule has 0 aliphatic heterocycles. The van der Waals surface area contributed by atoms with Gasteiger partial charge in [0.25, 0.3) is 0 Å². The summed E-state index contributed by atoms with van der Waals surface area (Å²) in [4.78, 5) is 0. The van der Waals surface area contributed by atoms with Crippen LogP contribution in [-0.2, 0) is 6.42 Å². The van der Waals surface area contributed by atoms with E-state index < -0.39 is 0 Å². The van der Waals surface area contributed by atoms with E-state index in [0.717, 1.165) is 6.54 Å². The SMILES string of the molecule is CCCNC(C)C(Cc1ccc(C)cc1)C(C)C. The Kier molecular flexibility index (Phi) is 6.42. The van der Waals surface area contributed by atoms with Gasteiger partial charge in [-0.05, 0) is 50.6 Å². The van der Waals surface area contributed by atoms with Gasteiger partial charge in [0.05, 0.1) is 0 Å². The number of hydrogen-bond acceptors (Lipinski definition) is 1. The van der Waals surface area contributed by atoms with Crippen LogP contribution in [0.15, 0.2) is 24.3 Å². The minimum absolute atomic E-state index is 0.589. The van der Waals surface area contributed by atoms with Crippen LogP contribution < -0.4 is 5.32 Å². The Labute approximate surface area is 113 Å². The zero-order valence-electron chi connectivity index (χ0n) is 12.7. The predicted molar refractivity (Wildman–Crippen MR) is 81.0 cm³/mol. The Morgan fingerprint density at radius 3 is 2.17 bits per heavy atom. The summed E-state index contributed by atoms with van der Waals surface area (Å²) < 4.78 is 0. The molecule has 0 aromatic heterocycles. The van der Waals surface area contributed by atoms with Gasteiger partial charge in [-0.2, -0.15) is 0 Å². The molecule has 102 valence electrons. The molecular formula is C17H29N. The first-order valence-corrected chi connectivity index (χ1v) is 7.33. The summed E-state index contributed by atoms with van der Waals surface area (Å²) in [6, 6.07) is 9.58. The van der Waals surface area contributed by atoms with Crippen LogP contribution in [0.25, 0.3) is 0 Å². The van der Waals surface area contributed by atoms with E-state index in [0.29, 0.717) is 17.9 Å². The fourth-order valence-corrected chi connectivity index (χ4v) is 2.51. The van der Waals surface area contributed by atoms with E-state index in [9.17, 15) is 0 Å². The average Bonchev–Trinajstić information content (AvgIpc) is 2.34. The third-order valence-corrected chi connectivity index (χ3v) is 3.81. The van der Waals surface area contributed by atoms with Gasteiger partial charge in [-0.15, -0.1) is 0 Å². The van der Waals surface area contributed by atoms with Crippen LogP contribution >= 0.6 is 0 Å². The molecule has 0 saturated heterocycles. The van der Waals surface area contributed by atoms with Crippen LogP contribution in [0.2, 0.25) is 0 Å². The largest absolute Gasteiger partial charge is 0.314 e. The zero-order valence-corrected chi connectivity index (χ0v) is 12.7. The Morgan fingerprint density at radius 2 is 1.67 bits per heavy atom. The fourth-order valence-electron chi connectivity index (χ4n) is 2.51. The van der Waals surface area contributed by atoms with Gasteiger partial charge in [-0.25, -0.2) is 0 Å². The standard InChI is InChI=1S/C17H29N/c1-6-11-18-15(5)17(13(2)3)12-16-9-7-14(4)8-10-16/h7-10,13,15,17-18H,6,11-12H2,1-5H3. The Morgan fingerprint density at radius 1 is 1.06 bits per heavy atom. The minimum atomic E-state index is 0.589. The second-order valence-corrected chi connectivity index (χ2v) is 5.84. The van der Waals surface area contributed by atoms with E-state index in [1.165, 1.54) is 24.0 Å². The lowest BCUT2D eigenvalue weighted by Crippen LogP contribution is -2.37. The van der Waals surface area contributed by atoms with Crippen molar-refractivity contribution in [2.45, 2.75) is 53.5 Å². The maximum absolute atomic E-state index is 3.65. The molecule has 1 aromatic carbocycles. The highest BCUT2D eigenvalue weighted by Gasteiger charge is 2.20. The minimum Gasteiger partial charge on any atom is -0.314 e. The van der Waals surface area contributed by atoms with Crippen LogP contribution in [0, 0.1) is 18.8 Å². The van der Waals surface area contributed by atoms with E-state index in [2.05, 4.69) is 64.2 Å². The maximum atomic E-state index is 3.65. The first-order chi connectivity index (χ1) is 8.54. The highest BCUT2D eigenvalue weighted by atomic mass is 14.9. The van der Waals surface area contributed by atoms with Crippen LogP contribution in [0.3, 0.4) is 0 Å². The quantitative estimate of drug-likeness (QED) is 0.761. The number of aryl methyl sites for hydroxylation is 1. The number of benzene rings is 1. The molecule has 0 fully saturated rings. The summed E-state index contributed by atoms with van der Waals surface area (Å²) in [5.41, 5.74) is 2.81. The van der Waals surface area contributed by atoms with Crippen molar-refractivity contribution in [3.8, 4) is 0 Å². The molecule has 0 heterocycles. The third kappa shape index (κ3) is 4.81. The molecule has 0 bridgehead atoms. The van der Waals surface area contributed by atoms with Crippen molar-refractivity contribution in [3.63, 3.8) is 0 Å². The lowest BCUT2D eigenvalue weighted by atomic mass is 9.84. The summed E-state index contributed by atoms with van der Waals surface area (Å²) in [5, 5.41) is 3.65. The second kappa shape index (κ2) is 7.58. The van der Waals surface area contributed by atoms with E-state index in [1.807, 2.05) is 0 Å². The van der Waals surface area contributed by atoms with Crippen LogP contribution in [0.5, 0.6) is 0 Å². The summed E-state index contributed by atoms with van der Waals surface area (Å²) in [6.07, 6.45) is 2.38. The van der Waals surface area contributed by atoms with Crippen molar-refractivity contribution in [1.82, 2.24) is 5.32 Å². The monoisotopic (exact) mass is 247 g/mol. The molecule has 0 saturated carbocycles. The Bertz CT molecular complexity index is 326. The van der Waals surface area contributed by atoms with Gasteiger partial charge in [-0.3, -0.25) is 0 Å². The summed E-state index contributed by atoms with van der Waals surface area (Å²) in [7, 11) is 0. The number of rotatable bonds is 7. The van der Waals surface area contributed by atoms with Crippen LogP contribution in [0.4, 0.5) is 0 Å². The van der Waals surface area contributed by atoms with Gasteiger partial charge in [0.2, 0.25) is 0 Å². The smallest absolute Gasteiger partial charge is 0.00726 e. The molecule has 0 spiro atoms. The van der Waals surface area contributed by atoms with Gasteiger partial charge in [-0.1, -0.05) is 50.6 Å². The van der Waals surface area contributed by atoms with Crippen molar-refractivity contribution >= 4 is 0 Å². The van der Waals surface area contributed by atoms with Crippen molar-refractivity contribution < 1.29 is 0 Å². The van der Waals surface area contributed by atoms with Crippen molar-refractivity contribution in [2.24, 2.45) is 11.8 Å². The molecular weight excluding hydrogens is 218 g/mol. The molecule has 0 aliphatic rings. The molecule has 2 atom stereocenters.